The van der Waals surface area contributed by atoms with E-state index >= 15 is 0 Å². The van der Waals surface area contributed by atoms with Crippen LogP contribution < -0.4 is 24.8 Å². The zero-order chi connectivity index (χ0) is 18.4. The van der Waals surface area contributed by atoms with E-state index in [2.05, 4.69) is 27.5 Å². The molecular formula is C18H25IN4O3S. The lowest BCUT2D eigenvalue weighted by molar-refractivity contribution is 0.173. The molecule has 3 rings (SSSR count). The minimum atomic E-state index is 0. The van der Waals surface area contributed by atoms with E-state index in [9.17, 15) is 0 Å². The Morgan fingerprint density at radius 1 is 1.22 bits per heavy atom. The fraction of sp³-hybridized carbons (Fsp3) is 0.444. The van der Waals surface area contributed by atoms with Crippen molar-refractivity contribution in [3.63, 3.8) is 0 Å². The molecule has 27 heavy (non-hydrogen) atoms. The Labute approximate surface area is 180 Å². The molecule has 0 spiro atoms. The summed E-state index contributed by atoms with van der Waals surface area (Å²) in [6.07, 6.45) is 0.883. The summed E-state index contributed by atoms with van der Waals surface area (Å²) in [5.74, 6) is 2.99. The highest BCUT2D eigenvalue weighted by Crippen LogP contribution is 2.34. The number of hydrogen-bond acceptors (Lipinski definition) is 6. The summed E-state index contributed by atoms with van der Waals surface area (Å²) < 4.78 is 16.4. The van der Waals surface area contributed by atoms with Crippen molar-refractivity contribution >= 4 is 41.3 Å². The van der Waals surface area contributed by atoms with E-state index in [-0.39, 0.29) is 30.8 Å². The van der Waals surface area contributed by atoms with Gasteiger partial charge in [-0.1, -0.05) is 0 Å². The summed E-state index contributed by atoms with van der Waals surface area (Å²) in [5, 5.41) is 7.68. The molecule has 2 N–H and O–H groups in total. The highest BCUT2D eigenvalue weighted by Gasteiger charge is 2.13. The maximum Gasteiger partial charge on any atom is 0.231 e. The molecule has 1 aliphatic heterocycles. The van der Waals surface area contributed by atoms with Crippen molar-refractivity contribution in [3.8, 4) is 17.2 Å². The van der Waals surface area contributed by atoms with Crippen LogP contribution in [0.3, 0.4) is 0 Å². The molecule has 1 aromatic heterocycles. The van der Waals surface area contributed by atoms with Crippen LogP contribution in [0.15, 0.2) is 23.2 Å². The largest absolute Gasteiger partial charge is 0.492 e. The number of thiazole rings is 1. The third-order valence-electron chi connectivity index (χ3n) is 3.94. The van der Waals surface area contributed by atoms with Gasteiger partial charge in [0.15, 0.2) is 17.5 Å². The summed E-state index contributed by atoms with van der Waals surface area (Å²) in [6, 6.07) is 5.57. The lowest BCUT2D eigenvalue weighted by atomic mass is 10.3. The molecule has 1 aromatic carbocycles. The van der Waals surface area contributed by atoms with E-state index in [1.807, 2.05) is 25.1 Å². The Hall–Kier alpha value is -1.75. The van der Waals surface area contributed by atoms with Crippen LogP contribution in [-0.2, 0) is 6.42 Å². The molecule has 0 unspecified atom stereocenters. The number of benzene rings is 1. The summed E-state index contributed by atoms with van der Waals surface area (Å²) in [4.78, 5) is 10.0. The molecule has 7 nitrogen and oxygen atoms in total. The minimum absolute atomic E-state index is 0. The van der Waals surface area contributed by atoms with Crippen LogP contribution in [-0.4, -0.2) is 44.5 Å². The molecule has 2 aromatic rings. The van der Waals surface area contributed by atoms with Gasteiger partial charge in [-0.25, -0.2) is 4.98 Å². The van der Waals surface area contributed by atoms with Crippen molar-refractivity contribution in [3.05, 3.63) is 33.8 Å². The van der Waals surface area contributed by atoms with Crippen LogP contribution in [0.5, 0.6) is 17.2 Å². The van der Waals surface area contributed by atoms with Crippen LogP contribution in [0.2, 0.25) is 0 Å². The SMILES string of the molecule is CN=C(NCCOc1ccc2c(c1)OCO2)NCCc1nc(C)c(C)s1.I. The van der Waals surface area contributed by atoms with Crippen LogP contribution in [0, 0.1) is 13.8 Å². The van der Waals surface area contributed by atoms with Crippen molar-refractivity contribution in [2.24, 2.45) is 4.99 Å². The number of nitrogens with one attached hydrogen (secondary N) is 2. The smallest absolute Gasteiger partial charge is 0.231 e. The van der Waals surface area contributed by atoms with Gasteiger partial charge in [0.25, 0.3) is 0 Å². The number of aromatic nitrogens is 1. The quantitative estimate of drug-likeness (QED) is 0.262. The summed E-state index contributed by atoms with van der Waals surface area (Å²) in [7, 11) is 1.76. The van der Waals surface area contributed by atoms with Gasteiger partial charge in [-0.2, -0.15) is 0 Å². The number of guanidine groups is 1. The first-order chi connectivity index (χ1) is 12.7. The normalized spacial score (nSPS) is 12.5. The molecule has 148 valence electrons. The van der Waals surface area contributed by atoms with Gasteiger partial charge in [0, 0.05) is 31.0 Å². The number of nitrogens with zero attached hydrogens (tertiary/aromatic N) is 2. The van der Waals surface area contributed by atoms with Crippen LogP contribution >= 0.6 is 35.3 Å². The lowest BCUT2D eigenvalue weighted by Gasteiger charge is -2.12. The summed E-state index contributed by atoms with van der Waals surface area (Å²) in [6.45, 7) is 6.36. The zero-order valence-corrected chi connectivity index (χ0v) is 18.9. The van der Waals surface area contributed by atoms with E-state index in [4.69, 9.17) is 14.2 Å². The first-order valence-electron chi connectivity index (χ1n) is 8.55. The minimum Gasteiger partial charge on any atom is -0.492 e. The van der Waals surface area contributed by atoms with Crippen molar-refractivity contribution < 1.29 is 14.2 Å². The molecule has 0 radical (unpaired) electrons. The van der Waals surface area contributed by atoms with E-state index in [0.717, 1.165) is 46.9 Å². The van der Waals surface area contributed by atoms with Crippen molar-refractivity contribution in [2.75, 3.05) is 33.5 Å². The fourth-order valence-electron chi connectivity index (χ4n) is 2.46. The average molecular weight is 504 g/mol. The molecule has 0 fully saturated rings. The third-order valence-corrected chi connectivity index (χ3v) is 5.07. The van der Waals surface area contributed by atoms with Crippen molar-refractivity contribution in [1.82, 2.24) is 15.6 Å². The maximum absolute atomic E-state index is 5.73. The van der Waals surface area contributed by atoms with E-state index in [1.54, 1.807) is 18.4 Å². The molecule has 0 bridgehead atoms. The molecule has 0 saturated heterocycles. The topological polar surface area (TPSA) is 77.0 Å². The molecular weight excluding hydrogens is 479 g/mol. The zero-order valence-electron chi connectivity index (χ0n) is 15.7. The van der Waals surface area contributed by atoms with Gasteiger partial charge < -0.3 is 24.8 Å². The van der Waals surface area contributed by atoms with E-state index < -0.39 is 0 Å². The Morgan fingerprint density at radius 3 is 2.74 bits per heavy atom. The highest BCUT2D eigenvalue weighted by molar-refractivity contribution is 14.0. The second-order valence-corrected chi connectivity index (χ2v) is 7.08. The molecule has 0 aliphatic carbocycles. The number of hydrogen-bond donors (Lipinski definition) is 2. The predicted octanol–water partition coefficient (Wildman–Crippen LogP) is 2.89. The third kappa shape index (κ3) is 6.13. The van der Waals surface area contributed by atoms with Crippen LogP contribution in [0.25, 0.3) is 0 Å². The summed E-state index contributed by atoms with van der Waals surface area (Å²) >= 11 is 1.75. The van der Waals surface area contributed by atoms with E-state index in [0.29, 0.717) is 13.2 Å². The summed E-state index contributed by atoms with van der Waals surface area (Å²) in [5.41, 5.74) is 1.12. The van der Waals surface area contributed by atoms with E-state index in [1.165, 1.54) is 4.88 Å². The van der Waals surface area contributed by atoms with Gasteiger partial charge in [-0.15, -0.1) is 35.3 Å². The number of fused-ring (bicyclic) bond motifs is 1. The molecule has 0 atom stereocenters. The molecule has 2 heterocycles. The Morgan fingerprint density at radius 2 is 2.00 bits per heavy atom. The number of rotatable bonds is 7. The fourth-order valence-corrected chi connectivity index (χ4v) is 3.39. The average Bonchev–Trinajstić information content (AvgIpc) is 3.23. The van der Waals surface area contributed by atoms with Crippen LogP contribution in [0.1, 0.15) is 15.6 Å². The molecule has 0 amide bonds. The van der Waals surface area contributed by atoms with Gasteiger partial charge in [0.1, 0.15) is 12.4 Å². The van der Waals surface area contributed by atoms with Crippen LogP contribution in [0.4, 0.5) is 0 Å². The molecule has 9 heteroatoms. The number of ether oxygens (including phenoxy) is 3. The standard InChI is InChI=1S/C18H24N4O3S.HI/c1-12-13(2)26-17(22-12)6-7-20-18(19-3)21-8-9-23-14-4-5-15-16(10-14)25-11-24-15;/h4-5,10H,6-9,11H2,1-3H3,(H2,19,20,21);1H. The number of aryl methyl sites for hydroxylation is 2. The Balaban J connectivity index is 0.00000261. The lowest BCUT2D eigenvalue weighted by Crippen LogP contribution is -2.40. The van der Waals surface area contributed by atoms with Gasteiger partial charge in [-0.05, 0) is 26.0 Å². The molecule has 0 saturated carbocycles. The van der Waals surface area contributed by atoms with Gasteiger partial charge in [0.2, 0.25) is 6.79 Å². The highest BCUT2D eigenvalue weighted by atomic mass is 127. The van der Waals surface area contributed by atoms with Crippen molar-refractivity contribution in [2.45, 2.75) is 20.3 Å². The number of aliphatic imine (C=N–C) groups is 1. The van der Waals surface area contributed by atoms with Crippen molar-refractivity contribution in [1.29, 1.82) is 0 Å². The molecule has 1 aliphatic rings. The Bertz CT molecular complexity index is 762. The first-order valence-corrected chi connectivity index (χ1v) is 9.37. The maximum atomic E-state index is 5.73. The second kappa shape index (κ2) is 10.5. The Kier molecular flexibility index (Phi) is 8.42. The van der Waals surface area contributed by atoms with Gasteiger partial charge in [0.05, 0.1) is 17.2 Å². The van der Waals surface area contributed by atoms with Gasteiger partial charge in [-0.3, -0.25) is 4.99 Å². The number of halogens is 1. The monoisotopic (exact) mass is 504 g/mol. The first kappa shape index (κ1) is 21.5. The second-order valence-electron chi connectivity index (χ2n) is 5.79. The van der Waals surface area contributed by atoms with Gasteiger partial charge >= 0.3 is 0 Å². The predicted molar refractivity (Wildman–Crippen MR) is 118 cm³/mol.